The molecule has 1 N–H and O–H groups in total. The lowest BCUT2D eigenvalue weighted by Crippen LogP contribution is -2.46. The van der Waals surface area contributed by atoms with Gasteiger partial charge in [-0.2, -0.15) is 0 Å². The number of hydrogen-bond donors (Lipinski definition) is 1. The van der Waals surface area contributed by atoms with Crippen molar-refractivity contribution in [3.8, 4) is 0 Å². The summed E-state index contributed by atoms with van der Waals surface area (Å²) in [6.45, 7) is 3.26. The molecule has 4 heteroatoms. The van der Waals surface area contributed by atoms with Crippen LogP contribution in [-0.4, -0.2) is 38.3 Å². The Balaban J connectivity index is 1.88. The number of carbonyl (C=O) groups excluding carboxylic acids is 1. The van der Waals surface area contributed by atoms with Gasteiger partial charge in [0.15, 0.2) is 0 Å². The van der Waals surface area contributed by atoms with Crippen LogP contribution in [0.5, 0.6) is 0 Å². The highest BCUT2D eigenvalue weighted by Gasteiger charge is 2.40. The zero-order valence-electron chi connectivity index (χ0n) is 11.4. The predicted molar refractivity (Wildman–Crippen MR) is 74.3 cm³/mol. The Labute approximate surface area is 113 Å². The third kappa shape index (κ3) is 2.05. The van der Waals surface area contributed by atoms with Crippen LogP contribution in [0.3, 0.4) is 0 Å². The summed E-state index contributed by atoms with van der Waals surface area (Å²) in [5.41, 5.74) is 2.34. The van der Waals surface area contributed by atoms with Crippen molar-refractivity contribution in [3.63, 3.8) is 0 Å². The molecule has 3 unspecified atom stereocenters. The fourth-order valence-electron chi connectivity index (χ4n) is 3.16. The molecule has 1 fully saturated rings. The predicted octanol–water partition coefficient (Wildman–Crippen LogP) is 1.20. The second kappa shape index (κ2) is 4.94. The van der Waals surface area contributed by atoms with Crippen molar-refractivity contribution in [1.29, 1.82) is 0 Å². The van der Waals surface area contributed by atoms with E-state index < -0.39 is 0 Å². The van der Waals surface area contributed by atoms with Gasteiger partial charge in [0.05, 0.1) is 19.1 Å². The summed E-state index contributed by atoms with van der Waals surface area (Å²) in [5, 5.41) is 3.18. The molecule has 1 aromatic carbocycles. The first-order chi connectivity index (χ1) is 9.22. The van der Waals surface area contributed by atoms with E-state index in [0.29, 0.717) is 13.2 Å². The monoisotopic (exact) mass is 260 g/mol. The highest BCUT2D eigenvalue weighted by Crippen LogP contribution is 2.34. The van der Waals surface area contributed by atoms with E-state index in [2.05, 4.69) is 18.3 Å². The average Bonchev–Trinajstić information content (AvgIpc) is 3.00. The lowest BCUT2D eigenvalue weighted by Gasteiger charge is -2.27. The number of benzene rings is 1. The Morgan fingerprint density at radius 2 is 2.16 bits per heavy atom. The van der Waals surface area contributed by atoms with E-state index in [1.54, 1.807) is 0 Å². The Morgan fingerprint density at radius 1 is 1.37 bits per heavy atom. The molecule has 0 aliphatic carbocycles. The number of hydrogen-bond acceptors (Lipinski definition) is 3. The maximum Gasteiger partial charge on any atom is 0.234 e. The fraction of sp³-hybridized carbons (Fsp3) is 0.533. The summed E-state index contributed by atoms with van der Waals surface area (Å²) in [4.78, 5) is 14.8. The molecule has 19 heavy (non-hydrogen) atoms. The molecular formula is C15H20N2O2. The van der Waals surface area contributed by atoms with Crippen LogP contribution in [-0.2, 0) is 16.0 Å². The van der Waals surface area contributed by atoms with E-state index in [4.69, 9.17) is 4.74 Å². The molecule has 3 atom stereocenters. The molecule has 1 aromatic rings. The van der Waals surface area contributed by atoms with E-state index in [-0.39, 0.29) is 23.9 Å². The molecule has 1 amide bonds. The maximum absolute atomic E-state index is 12.8. The SMILES string of the molecule is CNC1COCC1C(=O)N1c2ccccc2CC1C. The molecule has 0 radical (unpaired) electrons. The Bertz CT molecular complexity index is 489. The zero-order valence-corrected chi connectivity index (χ0v) is 11.4. The van der Waals surface area contributed by atoms with Crippen molar-refractivity contribution >= 4 is 11.6 Å². The maximum atomic E-state index is 12.8. The number of anilines is 1. The number of fused-ring (bicyclic) bond motifs is 1. The smallest absolute Gasteiger partial charge is 0.234 e. The first-order valence-corrected chi connectivity index (χ1v) is 6.88. The van der Waals surface area contributed by atoms with Crippen molar-refractivity contribution in [3.05, 3.63) is 29.8 Å². The van der Waals surface area contributed by atoms with Crippen LogP contribution in [0.25, 0.3) is 0 Å². The van der Waals surface area contributed by atoms with E-state index in [9.17, 15) is 4.79 Å². The van der Waals surface area contributed by atoms with E-state index in [1.807, 2.05) is 30.1 Å². The summed E-state index contributed by atoms with van der Waals surface area (Å²) in [6, 6.07) is 8.56. The topological polar surface area (TPSA) is 41.6 Å². The lowest BCUT2D eigenvalue weighted by atomic mass is 10.0. The number of carbonyl (C=O) groups is 1. The van der Waals surface area contributed by atoms with Crippen LogP contribution in [0.1, 0.15) is 12.5 Å². The fourth-order valence-corrected chi connectivity index (χ4v) is 3.16. The van der Waals surface area contributed by atoms with Gasteiger partial charge in [-0.25, -0.2) is 0 Å². The van der Waals surface area contributed by atoms with Gasteiger partial charge >= 0.3 is 0 Å². The third-order valence-electron chi connectivity index (χ3n) is 4.21. The van der Waals surface area contributed by atoms with E-state index in [0.717, 1.165) is 12.1 Å². The van der Waals surface area contributed by atoms with Crippen LogP contribution < -0.4 is 10.2 Å². The van der Waals surface area contributed by atoms with E-state index in [1.165, 1.54) is 5.56 Å². The van der Waals surface area contributed by atoms with Gasteiger partial charge in [-0.15, -0.1) is 0 Å². The highest BCUT2D eigenvalue weighted by atomic mass is 16.5. The molecule has 0 saturated carbocycles. The largest absolute Gasteiger partial charge is 0.379 e. The minimum atomic E-state index is -0.0707. The van der Waals surface area contributed by atoms with Gasteiger partial charge in [0, 0.05) is 17.8 Å². The third-order valence-corrected chi connectivity index (χ3v) is 4.21. The van der Waals surface area contributed by atoms with Crippen molar-refractivity contribution < 1.29 is 9.53 Å². The molecule has 1 saturated heterocycles. The Hall–Kier alpha value is -1.39. The first-order valence-electron chi connectivity index (χ1n) is 6.88. The normalized spacial score (nSPS) is 29.6. The van der Waals surface area contributed by atoms with Gasteiger partial charge in [-0.3, -0.25) is 4.79 Å². The van der Waals surface area contributed by atoms with Gasteiger partial charge in [0.1, 0.15) is 0 Å². The first kappa shape index (κ1) is 12.6. The molecule has 0 bridgehead atoms. The average molecular weight is 260 g/mol. The summed E-state index contributed by atoms with van der Waals surface area (Å²) in [6.07, 6.45) is 0.944. The van der Waals surface area contributed by atoms with Crippen molar-refractivity contribution in [2.24, 2.45) is 5.92 Å². The number of nitrogens with zero attached hydrogens (tertiary/aromatic N) is 1. The van der Waals surface area contributed by atoms with Crippen LogP contribution >= 0.6 is 0 Å². The standard InChI is InChI=1S/C15H20N2O2/c1-10-7-11-5-3-4-6-14(11)17(10)15(18)12-8-19-9-13(12)16-2/h3-6,10,12-13,16H,7-9H2,1-2H3. The van der Waals surface area contributed by atoms with Gasteiger partial charge in [0.2, 0.25) is 5.91 Å². The molecule has 102 valence electrons. The summed E-state index contributed by atoms with van der Waals surface area (Å²) in [5.74, 6) is 0.118. The molecule has 2 aliphatic heterocycles. The van der Waals surface area contributed by atoms with Gasteiger partial charge in [-0.05, 0) is 32.0 Å². The molecular weight excluding hydrogens is 240 g/mol. The second-order valence-corrected chi connectivity index (χ2v) is 5.43. The molecule has 0 spiro atoms. The van der Waals surface area contributed by atoms with Gasteiger partial charge in [0.25, 0.3) is 0 Å². The highest BCUT2D eigenvalue weighted by molar-refractivity contribution is 5.98. The molecule has 3 rings (SSSR count). The van der Waals surface area contributed by atoms with E-state index >= 15 is 0 Å². The number of likely N-dealkylation sites (N-methyl/N-ethyl adjacent to an activating group) is 1. The number of nitrogens with one attached hydrogen (secondary N) is 1. The molecule has 2 aliphatic rings. The Kier molecular flexibility index (Phi) is 3.29. The summed E-state index contributed by atoms with van der Waals surface area (Å²) in [7, 11) is 1.89. The summed E-state index contributed by atoms with van der Waals surface area (Å²) >= 11 is 0. The van der Waals surface area contributed by atoms with Crippen LogP contribution in [0.4, 0.5) is 5.69 Å². The number of rotatable bonds is 2. The lowest BCUT2D eigenvalue weighted by molar-refractivity contribution is -0.123. The van der Waals surface area contributed by atoms with Crippen LogP contribution in [0.2, 0.25) is 0 Å². The minimum absolute atomic E-state index is 0.0707. The number of para-hydroxylation sites is 1. The Morgan fingerprint density at radius 3 is 2.95 bits per heavy atom. The van der Waals surface area contributed by atoms with Crippen molar-refractivity contribution in [2.45, 2.75) is 25.4 Å². The van der Waals surface area contributed by atoms with Gasteiger partial charge < -0.3 is 15.0 Å². The van der Waals surface area contributed by atoms with Crippen LogP contribution in [0, 0.1) is 5.92 Å². The number of ether oxygens (including phenoxy) is 1. The molecule has 0 aromatic heterocycles. The van der Waals surface area contributed by atoms with Crippen molar-refractivity contribution in [1.82, 2.24) is 5.32 Å². The van der Waals surface area contributed by atoms with Gasteiger partial charge in [-0.1, -0.05) is 18.2 Å². The molecule has 4 nitrogen and oxygen atoms in total. The molecule has 2 heterocycles. The number of amides is 1. The minimum Gasteiger partial charge on any atom is -0.379 e. The van der Waals surface area contributed by atoms with Crippen LogP contribution in [0.15, 0.2) is 24.3 Å². The second-order valence-electron chi connectivity index (χ2n) is 5.43. The van der Waals surface area contributed by atoms with Crippen molar-refractivity contribution in [2.75, 3.05) is 25.2 Å². The summed E-state index contributed by atoms with van der Waals surface area (Å²) < 4.78 is 5.45. The quantitative estimate of drug-likeness (QED) is 0.868. The zero-order chi connectivity index (χ0) is 13.4.